The van der Waals surface area contributed by atoms with Crippen LogP contribution in [-0.4, -0.2) is 41.6 Å². The van der Waals surface area contributed by atoms with Crippen LogP contribution in [0.25, 0.3) is 0 Å². The lowest BCUT2D eigenvalue weighted by molar-refractivity contribution is -0.129. The Kier molecular flexibility index (Phi) is 7.01. The molecule has 0 bridgehead atoms. The molecule has 104 valence electrons. The highest BCUT2D eigenvalue weighted by atomic mass is 32.1. The average Bonchev–Trinajstić information content (AvgIpc) is 2.39. The second-order valence-corrected chi connectivity index (χ2v) is 5.14. The highest BCUT2D eigenvalue weighted by Gasteiger charge is 2.15. The number of hydrogen-bond acceptors (Lipinski definition) is 2. The maximum absolute atomic E-state index is 11.8. The van der Waals surface area contributed by atoms with Crippen LogP contribution in [-0.2, 0) is 4.79 Å². The Hall–Kier alpha value is -0.840. The average molecular weight is 271 g/mol. The summed E-state index contributed by atoms with van der Waals surface area (Å²) in [6, 6.07) is 0.488. The number of carbonyl (C=O) groups excluding carboxylic acids is 1. The number of amides is 1. The van der Waals surface area contributed by atoms with Crippen molar-refractivity contribution >= 4 is 23.2 Å². The zero-order valence-electron chi connectivity index (χ0n) is 11.5. The van der Waals surface area contributed by atoms with Gasteiger partial charge in [0, 0.05) is 19.1 Å². The van der Waals surface area contributed by atoms with Gasteiger partial charge in [-0.3, -0.25) is 4.79 Å². The summed E-state index contributed by atoms with van der Waals surface area (Å²) in [5.41, 5.74) is 0. The van der Waals surface area contributed by atoms with Gasteiger partial charge in [0.1, 0.15) is 0 Å². The first-order valence-electron chi connectivity index (χ1n) is 6.99. The zero-order valence-corrected chi connectivity index (χ0v) is 12.3. The predicted octanol–water partition coefficient (Wildman–Crippen LogP) is 1.65. The third-order valence-corrected chi connectivity index (χ3v) is 3.72. The normalized spacial score (nSPS) is 16.1. The summed E-state index contributed by atoms with van der Waals surface area (Å²) < 4.78 is 0. The third kappa shape index (κ3) is 5.21. The van der Waals surface area contributed by atoms with Gasteiger partial charge < -0.3 is 15.5 Å². The predicted molar refractivity (Wildman–Crippen MR) is 78.5 cm³/mol. The molecule has 1 aliphatic carbocycles. The van der Waals surface area contributed by atoms with Crippen molar-refractivity contribution < 1.29 is 4.79 Å². The van der Waals surface area contributed by atoms with E-state index in [2.05, 4.69) is 10.6 Å². The molecule has 1 saturated carbocycles. The minimum absolute atomic E-state index is 0.104. The van der Waals surface area contributed by atoms with E-state index in [0.29, 0.717) is 17.7 Å². The van der Waals surface area contributed by atoms with Crippen LogP contribution in [0.15, 0.2) is 0 Å². The van der Waals surface area contributed by atoms with Crippen molar-refractivity contribution in [3.8, 4) is 0 Å². The third-order valence-electron chi connectivity index (χ3n) is 3.46. The standard InChI is InChI=1S/C13H25N3OS/c1-3-16(4-2)12(17)10-14-13(18)15-11-8-6-5-7-9-11/h11H,3-10H2,1-2H3,(H2,14,15,18). The number of rotatable bonds is 5. The van der Waals surface area contributed by atoms with Crippen LogP contribution in [0, 0.1) is 0 Å². The Bertz CT molecular complexity index is 273. The van der Waals surface area contributed by atoms with Crippen molar-refractivity contribution in [1.29, 1.82) is 0 Å². The number of carbonyl (C=O) groups is 1. The Morgan fingerprint density at radius 2 is 1.83 bits per heavy atom. The fourth-order valence-electron chi connectivity index (χ4n) is 2.33. The second kappa shape index (κ2) is 8.29. The Morgan fingerprint density at radius 1 is 1.22 bits per heavy atom. The van der Waals surface area contributed by atoms with E-state index in [1.807, 2.05) is 13.8 Å². The van der Waals surface area contributed by atoms with Gasteiger partial charge in [0.25, 0.3) is 0 Å². The molecule has 1 rings (SSSR count). The molecule has 1 amide bonds. The molecule has 0 heterocycles. The van der Waals surface area contributed by atoms with Crippen LogP contribution in [0.5, 0.6) is 0 Å². The molecular formula is C13H25N3OS. The zero-order chi connectivity index (χ0) is 13.4. The molecule has 18 heavy (non-hydrogen) atoms. The van der Waals surface area contributed by atoms with E-state index < -0.39 is 0 Å². The molecule has 0 radical (unpaired) electrons. The van der Waals surface area contributed by atoms with Gasteiger partial charge >= 0.3 is 0 Å². The first-order valence-corrected chi connectivity index (χ1v) is 7.40. The minimum Gasteiger partial charge on any atom is -0.360 e. The van der Waals surface area contributed by atoms with Gasteiger partial charge in [-0.1, -0.05) is 19.3 Å². The van der Waals surface area contributed by atoms with Crippen molar-refractivity contribution in [2.75, 3.05) is 19.6 Å². The highest BCUT2D eigenvalue weighted by Crippen LogP contribution is 2.17. The van der Waals surface area contributed by atoms with Gasteiger partial charge in [0.2, 0.25) is 5.91 Å². The Morgan fingerprint density at radius 3 is 2.39 bits per heavy atom. The molecule has 0 spiro atoms. The van der Waals surface area contributed by atoms with Crippen LogP contribution in [0.1, 0.15) is 46.0 Å². The second-order valence-electron chi connectivity index (χ2n) is 4.73. The molecule has 1 aliphatic rings. The molecule has 0 aromatic heterocycles. The van der Waals surface area contributed by atoms with Crippen molar-refractivity contribution in [2.45, 2.75) is 52.0 Å². The largest absolute Gasteiger partial charge is 0.360 e. The topological polar surface area (TPSA) is 44.4 Å². The summed E-state index contributed by atoms with van der Waals surface area (Å²) in [5, 5.41) is 6.92. The fourth-order valence-corrected chi connectivity index (χ4v) is 2.57. The molecule has 5 heteroatoms. The van der Waals surface area contributed by atoms with Crippen molar-refractivity contribution in [1.82, 2.24) is 15.5 Å². The van der Waals surface area contributed by atoms with E-state index in [0.717, 1.165) is 13.1 Å². The summed E-state index contributed by atoms with van der Waals surface area (Å²) in [7, 11) is 0. The number of hydrogen-bond donors (Lipinski definition) is 2. The van der Waals surface area contributed by atoms with Gasteiger partial charge in [0.05, 0.1) is 6.54 Å². The number of likely N-dealkylation sites (N-methyl/N-ethyl adjacent to an activating group) is 1. The van der Waals surface area contributed by atoms with Crippen LogP contribution < -0.4 is 10.6 Å². The number of thiocarbonyl (C=S) groups is 1. The summed E-state index contributed by atoms with van der Waals surface area (Å²) in [4.78, 5) is 13.6. The smallest absolute Gasteiger partial charge is 0.241 e. The SMILES string of the molecule is CCN(CC)C(=O)CNC(=S)NC1CCCCC1. The molecule has 1 fully saturated rings. The quantitative estimate of drug-likeness (QED) is 0.746. The van der Waals surface area contributed by atoms with Gasteiger partial charge in [0.15, 0.2) is 5.11 Å². The number of nitrogens with one attached hydrogen (secondary N) is 2. The molecule has 0 aliphatic heterocycles. The molecule has 2 N–H and O–H groups in total. The summed E-state index contributed by atoms with van der Waals surface area (Å²) in [6.07, 6.45) is 6.26. The van der Waals surface area contributed by atoms with Crippen molar-refractivity contribution in [3.05, 3.63) is 0 Å². The first kappa shape index (κ1) is 15.2. The summed E-state index contributed by atoms with van der Waals surface area (Å²) in [6.45, 7) is 5.76. The molecular weight excluding hydrogens is 246 g/mol. The lowest BCUT2D eigenvalue weighted by Gasteiger charge is -2.25. The Balaban J connectivity index is 2.21. The van der Waals surface area contributed by atoms with E-state index in [1.54, 1.807) is 4.90 Å². The van der Waals surface area contributed by atoms with E-state index in [1.165, 1.54) is 32.1 Å². The van der Waals surface area contributed by atoms with E-state index in [9.17, 15) is 4.79 Å². The maximum atomic E-state index is 11.8. The maximum Gasteiger partial charge on any atom is 0.241 e. The molecule has 0 aromatic carbocycles. The van der Waals surface area contributed by atoms with Crippen molar-refractivity contribution in [3.63, 3.8) is 0 Å². The van der Waals surface area contributed by atoms with Crippen LogP contribution >= 0.6 is 12.2 Å². The van der Waals surface area contributed by atoms with Gasteiger partial charge in [-0.2, -0.15) is 0 Å². The van der Waals surface area contributed by atoms with Gasteiger partial charge in [-0.15, -0.1) is 0 Å². The first-order chi connectivity index (χ1) is 8.67. The summed E-state index contributed by atoms with van der Waals surface area (Å²) >= 11 is 5.22. The van der Waals surface area contributed by atoms with Crippen LogP contribution in [0.2, 0.25) is 0 Å². The van der Waals surface area contributed by atoms with E-state index in [-0.39, 0.29) is 5.91 Å². The summed E-state index contributed by atoms with van der Waals surface area (Å²) in [5.74, 6) is 0.104. The van der Waals surface area contributed by atoms with Crippen LogP contribution in [0.4, 0.5) is 0 Å². The van der Waals surface area contributed by atoms with Crippen LogP contribution in [0.3, 0.4) is 0 Å². The fraction of sp³-hybridized carbons (Fsp3) is 0.846. The monoisotopic (exact) mass is 271 g/mol. The highest BCUT2D eigenvalue weighted by molar-refractivity contribution is 7.80. The lowest BCUT2D eigenvalue weighted by Crippen LogP contribution is -2.46. The molecule has 0 unspecified atom stereocenters. The lowest BCUT2D eigenvalue weighted by atomic mass is 9.96. The molecule has 0 aromatic rings. The molecule has 0 saturated heterocycles. The molecule has 0 atom stereocenters. The van der Waals surface area contributed by atoms with Gasteiger partial charge in [-0.25, -0.2) is 0 Å². The Labute approximate surface area is 115 Å². The molecule has 4 nitrogen and oxygen atoms in total. The minimum atomic E-state index is 0.104. The van der Waals surface area contributed by atoms with Gasteiger partial charge in [-0.05, 0) is 38.9 Å². The van der Waals surface area contributed by atoms with E-state index in [4.69, 9.17) is 12.2 Å². The number of nitrogens with zero attached hydrogens (tertiary/aromatic N) is 1. The van der Waals surface area contributed by atoms with Crippen molar-refractivity contribution in [2.24, 2.45) is 0 Å². The van der Waals surface area contributed by atoms with E-state index >= 15 is 0 Å².